The van der Waals surface area contributed by atoms with E-state index in [1.807, 2.05) is 13.8 Å². The van der Waals surface area contributed by atoms with E-state index in [9.17, 15) is 15.3 Å². The number of rotatable bonds is 11. The quantitative estimate of drug-likeness (QED) is 0.219. The number of aliphatic hydroxyl groups excluding tert-OH is 2. The van der Waals surface area contributed by atoms with Crippen LogP contribution in [0.25, 0.3) is 0 Å². The molecule has 43 heavy (non-hydrogen) atoms. The van der Waals surface area contributed by atoms with Crippen molar-refractivity contribution in [3.8, 4) is 0 Å². The molecule has 7 nitrogen and oxygen atoms in total. The molecule has 0 aromatic rings. The number of fused-ring (bicyclic) bond motifs is 2. The summed E-state index contributed by atoms with van der Waals surface area (Å²) in [6.45, 7) is 19.2. The number of ether oxygens (including phenoxy) is 3. The molecule has 4 saturated carbocycles. The number of aliphatic hydroxyl groups is 3. The zero-order valence-electron chi connectivity index (χ0n) is 29.0. The normalized spacial score (nSPS) is 48.1. The molecular weight excluding hydrogens is 542 g/mol. The molecule has 1 spiro atoms. The van der Waals surface area contributed by atoms with Crippen LogP contribution in [-0.2, 0) is 14.2 Å². The number of nitrogens with two attached hydrogens (primary N) is 1. The predicted octanol–water partition coefficient (Wildman–Crippen LogP) is 5.81. The fourth-order valence-electron chi connectivity index (χ4n) is 11.5. The largest absolute Gasteiger partial charge is 0.393 e. The van der Waals surface area contributed by atoms with Crippen LogP contribution in [0.4, 0.5) is 0 Å². The van der Waals surface area contributed by atoms with Gasteiger partial charge in [-0.1, -0.05) is 41.5 Å². The molecule has 4 aliphatic carbocycles. The van der Waals surface area contributed by atoms with E-state index in [1.54, 1.807) is 7.11 Å². The maximum Gasteiger partial charge on any atom is 0.172 e. The van der Waals surface area contributed by atoms with Crippen molar-refractivity contribution in [1.82, 2.24) is 0 Å². The van der Waals surface area contributed by atoms with Crippen LogP contribution in [0.5, 0.6) is 0 Å². The van der Waals surface area contributed by atoms with Gasteiger partial charge in [0.1, 0.15) is 0 Å². The van der Waals surface area contributed by atoms with Crippen molar-refractivity contribution in [2.75, 3.05) is 7.11 Å². The summed E-state index contributed by atoms with van der Waals surface area (Å²) in [5, 5.41) is 33.7. The summed E-state index contributed by atoms with van der Waals surface area (Å²) in [5.74, 6) is 0.895. The lowest BCUT2D eigenvalue weighted by Gasteiger charge is -2.61. The van der Waals surface area contributed by atoms with Crippen LogP contribution in [0, 0.1) is 45.3 Å². The molecule has 13 unspecified atom stereocenters. The number of hydrogen-bond acceptors (Lipinski definition) is 7. The van der Waals surface area contributed by atoms with Crippen molar-refractivity contribution in [1.29, 1.82) is 0 Å². The van der Waals surface area contributed by atoms with E-state index in [2.05, 4.69) is 48.5 Å². The van der Waals surface area contributed by atoms with Crippen molar-refractivity contribution in [2.45, 2.75) is 174 Å². The average Bonchev–Trinajstić information content (AvgIpc) is 3.28. The molecular formula is C36H65NO6. The van der Waals surface area contributed by atoms with E-state index in [4.69, 9.17) is 19.9 Å². The number of methoxy groups -OCH3 is 1. The summed E-state index contributed by atoms with van der Waals surface area (Å²) >= 11 is 0. The topological polar surface area (TPSA) is 114 Å². The third-order valence-corrected chi connectivity index (χ3v) is 14.3. The fourth-order valence-corrected chi connectivity index (χ4v) is 11.5. The molecule has 1 aliphatic heterocycles. The Morgan fingerprint density at radius 3 is 2.23 bits per heavy atom. The Kier molecular flexibility index (Phi) is 8.84. The van der Waals surface area contributed by atoms with Gasteiger partial charge in [-0.3, -0.25) is 0 Å². The molecule has 5 rings (SSSR count). The van der Waals surface area contributed by atoms with Gasteiger partial charge in [0.25, 0.3) is 0 Å². The van der Waals surface area contributed by atoms with E-state index in [-0.39, 0.29) is 63.8 Å². The molecule has 7 heteroatoms. The monoisotopic (exact) mass is 607 g/mol. The van der Waals surface area contributed by atoms with Crippen molar-refractivity contribution < 1.29 is 29.5 Å². The van der Waals surface area contributed by atoms with Crippen molar-refractivity contribution in [2.24, 2.45) is 51.1 Å². The molecule has 250 valence electrons. The lowest BCUT2D eigenvalue weighted by atomic mass is 9.44. The van der Waals surface area contributed by atoms with Gasteiger partial charge in [0, 0.05) is 13.0 Å². The summed E-state index contributed by atoms with van der Waals surface area (Å²) in [7, 11) is 1.70. The third kappa shape index (κ3) is 5.27. The third-order valence-electron chi connectivity index (χ3n) is 14.3. The second kappa shape index (κ2) is 11.2. The first-order chi connectivity index (χ1) is 19.8. The highest BCUT2D eigenvalue weighted by molar-refractivity contribution is 5.29. The summed E-state index contributed by atoms with van der Waals surface area (Å²) in [6.07, 6.45) is 8.25. The second-order valence-electron chi connectivity index (χ2n) is 17.8. The molecule has 5 aliphatic rings. The molecule has 1 saturated heterocycles. The van der Waals surface area contributed by atoms with Crippen LogP contribution in [0.15, 0.2) is 0 Å². The highest BCUT2D eigenvalue weighted by atomic mass is 16.7. The van der Waals surface area contributed by atoms with Crippen molar-refractivity contribution >= 4 is 0 Å². The van der Waals surface area contributed by atoms with Crippen molar-refractivity contribution in [3.05, 3.63) is 0 Å². The SMILES string of the molecule is COC(OC1CC2C3(C)CC(O)C(C4(C)CCC(C(C)(C)O)O4)C3(C)CCC23CC3(CCC(O)C(C)C)C1)C(N)C(C)C. The van der Waals surface area contributed by atoms with Crippen LogP contribution >= 0.6 is 0 Å². The summed E-state index contributed by atoms with van der Waals surface area (Å²) < 4.78 is 19.4. The van der Waals surface area contributed by atoms with Gasteiger partial charge in [-0.15, -0.1) is 0 Å². The lowest BCUT2D eigenvalue weighted by Crippen LogP contribution is -2.58. The van der Waals surface area contributed by atoms with Gasteiger partial charge in [0.05, 0.1) is 41.7 Å². The smallest absolute Gasteiger partial charge is 0.172 e. The summed E-state index contributed by atoms with van der Waals surface area (Å²) in [5.41, 5.74) is 5.38. The molecule has 13 atom stereocenters. The Bertz CT molecular complexity index is 1010. The summed E-state index contributed by atoms with van der Waals surface area (Å²) in [4.78, 5) is 0. The molecule has 5 N–H and O–H groups in total. The van der Waals surface area contributed by atoms with E-state index in [0.29, 0.717) is 5.92 Å². The zero-order chi connectivity index (χ0) is 32.0. The minimum Gasteiger partial charge on any atom is -0.393 e. The van der Waals surface area contributed by atoms with Gasteiger partial charge in [-0.25, -0.2) is 0 Å². The van der Waals surface area contributed by atoms with Crippen molar-refractivity contribution in [3.63, 3.8) is 0 Å². The first-order valence-corrected chi connectivity index (χ1v) is 17.5. The zero-order valence-corrected chi connectivity index (χ0v) is 29.0. The Morgan fingerprint density at radius 2 is 1.67 bits per heavy atom. The first kappa shape index (κ1) is 34.1. The molecule has 0 bridgehead atoms. The molecule has 0 amide bonds. The van der Waals surface area contributed by atoms with Gasteiger partial charge < -0.3 is 35.3 Å². The van der Waals surface area contributed by atoms with Gasteiger partial charge in [-0.05, 0) is 124 Å². The maximum absolute atomic E-state index is 12.0. The van der Waals surface area contributed by atoms with Crippen LogP contribution in [0.2, 0.25) is 0 Å². The Hall–Kier alpha value is -0.280. The van der Waals surface area contributed by atoms with Gasteiger partial charge >= 0.3 is 0 Å². The van der Waals surface area contributed by atoms with Gasteiger partial charge in [0.2, 0.25) is 0 Å². The van der Waals surface area contributed by atoms with Crippen LogP contribution in [0.3, 0.4) is 0 Å². The Balaban J connectivity index is 1.48. The van der Waals surface area contributed by atoms with E-state index in [1.165, 1.54) is 6.42 Å². The van der Waals surface area contributed by atoms with Crippen LogP contribution in [-0.4, -0.2) is 70.4 Å². The Labute approximate surface area is 262 Å². The van der Waals surface area contributed by atoms with Crippen LogP contribution < -0.4 is 5.73 Å². The molecule has 0 aromatic heterocycles. The molecule has 0 radical (unpaired) electrons. The molecule has 5 fully saturated rings. The van der Waals surface area contributed by atoms with E-state index < -0.39 is 23.6 Å². The summed E-state index contributed by atoms with van der Waals surface area (Å²) in [6, 6.07) is -0.206. The minimum atomic E-state index is -0.904. The predicted molar refractivity (Wildman–Crippen MR) is 169 cm³/mol. The first-order valence-electron chi connectivity index (χ1n) is 17.5. The van der Waals surface area contributed by atoms with Gasteiger partial charge in [-0.2, -0.15) is 0 Å². The average molecular weight is 608 g/mol. The molecule has 0 aromatic carbocycles. The molecule has 1 heterocycles. The minimum absolute atomic E-state index is 0.00740. The maximum atomic E-state index is 12.0. The van der Waals surface area contributed by atoms with E-state index >= 15 is 0 Å². The van der Waals surface area contributed by atoms with Gasteiger partial charge in [0.15, 0.2) is 6.29 Å². The number of hydrogen-bond donors (Lipinski definition) is 4. The standard InChI is InChI=1S/C36H65NO6/c1-21(2)24(38)11-14-35-18-23(42-30(41-10)28(37)22(3)4)17-26-33(8)19-25(39)29(32(33,7)15-16-36(26,35)20-35)34(9)13-12-27(43-34)31(5,6)40/h21-30,38-40H,11-20,37H2,1-10H3. The second-order valence-corrected chi connectivity index (χ2v) is 17.8. The highest BCUT2D eigenvalue weighted by Crippen LogP contribution is 2.86. The van der Waals surface area contributed by atoms with Crippen LogP contribution in [0.1, 0.15) is 127 Å². The highest BCUT2D eigenvalue weighted by Gasteiger charge is 2.81. The Morgan fingerprint density at radius 1 is 1.00 bits per heavy atom. The lowest BCUT2D eigenvalue weighted by molar-refractivity contribution is -0.216. The fraction of sp³-hybridized carbons (Fsp3) is 1.00. The van der Waals surface area contributed by atoms with E-state index in [0.717, 1.165) is 57.8 Å².